The van der Waals surface area contributed by atoms with Gasteiger partial charge in [0.1, 0.15) is 12.0 Å². The molecule has 0 fully saturated rings. The van der Waals surface area contributed by atoms with Gasteiger partial charge in [-0.25, -0.2) is 9.97 Å². The van der Waals surface area contributed by atoms with Crippen LogP contribution in [0.3, 0.4) is 0 Å². The molecule has 1 heterocycles. The van der Waals surface area contributed by atoms with E-state index in [0.717, 1.165) is 11.6 Å². The number of nitrogens with two attached hydrogens (primary N) is 1. The largest absolute Gasteiger partial charge is 0.417 e. The van der Waals surface area contributed by atoms with Gasteiger partial charge in [-0.3, -0.25) is 0 Å². The van der Waals surface area contributed by atoms with Crippen LogP contribution in [0.5, 0.6) is 0 Å². The number of anilines is 4. The fourth-order valence-electron chi connectivity index (χ4n) is 2.60. The lowest BCUT2D eigenvalue weighted by molar-refractivity contribution is -0.137. The summed E-state index contributed by atoms with van der Waals surface area (Å²) >= 11 is 5.65. The van der Waals surface area contributed by atoms with E-state index in [-0.39, 0.29) is 28.3 Å². The lowest BCUT2D eigenvalue weighted by Gasteiger charge is -2.18. The van der Waals surface area contributed by atoms with Crippen molar-refractivity contribution < 1.29 is 13.2 Å². The maximum atomic E-state index is 13.0. The van der Waals surface area contributed by atoms with Gasteiger partial charge in [-0.2, -0.15) is 13.2 Å². The quantitative estimate of drug-likeness (QED) is 0.509. The molecule has 0 saturated carbocycles. The number of nitrogens with zero attached hydrogens (tertiary/aromatic N) is 2. The first-order chi connectivity index (χ1) is 13.3. The number of rotatable bonds is 5. The van der Waals surface area contributed by atoms with Gasteiger partial charge in [-0.1, -0.05) is 41.9 Å². The van der Waals surface area contributed by atoms with Gasteiger partial charge in [0.2, 0.25) is 0 Å². The third-order valence-corrected chi connectivity index (χ3v) is 4.40. The molecule has 0 bridgehead atoms. The van der Waals surface area contributed by atoms with Crippen LogP contribution in [0.25, 0.3) is 0 Å². The predicted octanol–water partition coefficient (Wildman–Crippen LogP) is 5.65. The van der Waals surface area contributed by atoms with Gasteiger partial charge in [0.05, 0.1) is 16.6 Å². The molecule has 1 unspecified atom stereocenters. The molecule has 0 radical (unpaired) electrons. The van der Waals surface area contributed by atoms with E-state index in [1.54, 1.807) is 0 Å². The van der Waals surface area contributed by atoms with Gasteiger partial charge in [0.25, 0.3) is 0 Å². The van der Waals surface area contributed by atoms with Crippen molar-refractivity contribution in [2.24, 2.45) is 0 Å². The molecule has 3 rings (SSSR count). The summed E-state index contributed by atoms with van der Waals surface area (Å²) in [5.74, 6) is 0.562. The highest BCUT2D eigenvalue weighted by atomic mass is 35.5. The number of benzene rings is 2. The highest BCUT2D eigenvalue weighted by Crippen LogP contribution is 2.37. The first-order valence-electron chi connectivity index (χ1n) is 8.31. The zero-order valence-electron chi connectivity index (χ0n) is 14.8. The van der Waals surface area contributed by atoms with Crippen LogP contribution < -0.4 is 16.4 Å². The van der Waals surface area contributed by atoms with Crippen molar-refractivity contribution in [1.29, 1.82) is 0 Å². The van der Waals surface area contributed by atoms with Crippen LogP contribution in [0, 0.1) is 0 Å². The molecule has 4 N–H and O–H groups in total. The Bertz CT molecular complexity index is 964. The van der Waals surface area contributed by atoms with Crippen molar-refractivity contribution in [2.45, 2.75) is 19.1 Å². The average Bonchev–Trinajstić information content (AvgIpc) is 2.66. The summed E-state index contributed by atoms with van der Waals surface area (Å²) in [5, 5.41) is 5.59. The molecule has 1 aromatic heterocycles. The van der Waals surface area contributed by atoms with Crippen molar-refractivity contribution in [1.82, 2.24) is 9.97 Å². The van der Waals surface area contributed by atoms with Crippen molar-refractivity contribution >= 4 is 34.6 Å². The van der Waals surface area contributed by atoms with E-state index in [2.05, 4.69) is 20.6 Å². The maximum Gasteiger partial charge on any atom is 0.417 e. The number of hydrogen-bond acceptors (Lipinski definition) is 5. The average molecular weight is 408 g/mol. The molecule has 2 aromatic carbocycles. The Morgan fingerprint density at radius 3 is 2.39 bits per heavy atom. The second kappa shape index (κ2) is 7.93. The Labute approximate surface area is 164 Å². The molecule has 0 aliphatic rings. The number of halogens is 4. The van der Waals surface area contributed by atoms with Gasteiger partial charge in [-0.15, -0.1) is 0 Å². The smallest absolute Gasteiger partial charge is 0.393 e. The monoisotopic (exact) mass is 407 g/mol. The zero-order chi connectivity index (χ0) is 20.3. The minimum absolute atomic E-state index is 0.0846. The highest BCUT2D eigenvalue weighted by molar-refractivity contribution is 6.31. The summed E-state index contributed by atoms with van der Waals surface area (Å²) in [6.45, 7) is 1.94. The second-order valence-electron chi connectivity index (χ2n) is 6.08. The lowest BCUT2D eigenvalue weighted by atomic mass is 10.1. The van der Waals surface area contributed by atoms with Gasteiger partial charge in [0, 0.05) is 5.69 Å². The van der Waals surface area contributed by atoms with Gasteiger partial charge >= 0.3 is 6.18 Å². The first kappa shape index (κ1) is 19.8. The summed E-state index contributed by atoms with van der Waals surface area (Å²) in [4.78, 5) is 8.16. The standard InChI is InChI=1S/C19H17ClF3N5/c1-11(12-5-3-2-4-6-12)27-17-16(24)18(26-10-25-17)28-13-7-8-15(20)14(9-13)19(21,22)23/h2-11H,24H2,1H3,(H2,25,26,27,28). The van der Waals surface area contributed by atoms with Crippen molar-refractivity contribution in [2.75, 3.05) is 16.4 Å². The Morgan fingerprint density at radius 2 is 1.71 bits per heavy atom. The van der Waals surface area contributed by atoms with Crippen LogP contribution >= 0.6 is 11.6 Å². The van der Waals surface area contributed by atoms with E-state index in [9.17, 15) is 13.2 Å². The summed E-state index contributed by atoms with van der Waals surface area (Å²) in [7, 11) is 0. The molecular weight excluding hydrogens is 391 g/mol. The molecule has 3 aromatic rings. The number of nitrogen functional groups attached to an aromatic ring is 1. The summed E-state index contributed by atoms with van der Waals surface area (Å²) in [6.07, 6.45) is -3.29. The molecule has 9 heteroatoms. The Morgan fingerprint density at radius 1 is 1.04 bits per heavy atom. The van der Waals surface area contributed by atoms with Gasteiger partial charge < -0.3 is 16.4 Å². The third-order valence-electron chi connectivity index (χ3n) is 4.07. The van der Waals surface area contributed by atoms with Crippen LogP contribution in [-0.2, 0) is 6.18 Å². The summed E-state index contributed by atoms with van der Waals surface area (Å²) < 4.78 is 39.1. The van der Waals surface area contributed by atoms with Crippen LogP contribution in [0.1, 0.15) is 24.1 Å². The predicted molar refractivity (Wildman–Crippen MR) is 105 cm³/mol. The minimum atomic E-state index is -4.57. The molecule has 146 valence electrons. The van der Waals surface area contributed by atoms with E-state index in [1.165, 1.54) is 18.5 Å². The molecular formula is C19H17ClF3N5. The first-order valence-corrected chi connectivity index (χ1v) is 8.69. The van der Waals surface area contributed by atoms with Crippen molar-refractivity contribution in [3.05, 3.63) is 71.0 Å². The molecule has 28 heavy (non-hydrogen) atoms. The van der Waals surface area contributed by atoms with E-state index in [0.29, 0.717) is 5.82 Å². The van der Waals surface area contributed by atoms with Crippen LogP contribution in [-0.4, -0.2) is 9.97 Å². The molecule has 0 spiro atoms. The molecule has 0 amide bonds. The maximum absolute atomic E-state index is 13.0. The molecule has 5 nitrogen and oxygen atoms in total. The van der Waals surface area contributed by atoms with Crippen molar-refractivity contribution in [3.8, 4) is 0 Å². The summed E-state index contributed by atoms with van der Waals surface area (Å²) in [6, 6.07) is 13.1. The van der Waals surface area contributed by atoms with Crippen LogP contribution in [0.15, 0.2) is 54.9 Å². The number of nitrogens with one attached hydrogen (secondary N) is 2. The molecule has 1 atom stereocenters. The van der Waals surface area contributed by atoms with E-state index in [1.807, 2.05) is 37.3 Å². The fraction of sp³-hybridized carbons (Fsp3) is 0.158. The minimum Gasteiger partial charge on any atom is -0.393 e. The Kier molecular flexibility index (Phi) is 5.60. The third kappa shape index (κ3) is 4.45. The Balaban J connectivity index is 1.84. The number of alkyl halides is 3. The highest BCUT2D eigenvalue weighted by Gasteiger charge is 2.33. The van der Waals surface area contributed by atoms with E-state index < -0.39 is 11.7 Å². The SMILES string of the molecule is CC(Nc1ncnc(Nc2ccc(Cl)c(C(F)(F)F)c2)c1N)c1ccccc1. The van der Waals surface area contributed by atoms with Gasteiger partial charge in [-0.05, 0) is 30.7 Å². The van der Waals surface area contributed by atoms with Gasteiger partial charge in [0.15, 0.2) is 11.6 Å². The van der Waals surface area contributed by atoms with Crippen LogP contribution in [0.4, 0.5) is 36.2 Å². The van der Waals surface area contributed by atoms with Crippen molar-refractivity contribution in [3.63, 3.8) is 0 Å². The lowest BCUT2D eigenvalue weighted by Crippen LogP contribution is -2.12. The molecule has 0 aliphatic heterocycles. The fourth-order valence-corrected chi connectivity index (χ4v) is 2.82. The topological polar surface area (TPSA) is 75.9 Å². The Hall–Kier alpha value is -3.00. The van der Waals surface area contributed by atoms with E-state index >= 15 is 0 Å². The molecule has 0 saturated heterocycles. The zero-order valence-corrected chi connectivity index (χ0v) is 15.5. The normalized spacial score (nSPS) is 12.5. The number of hydrogen-bond donors (Lipinski definition) is 3. The second-order valence-corrected chi connectivity index (χ2v) is 6.49. The molecule has 0 aliphatic carbocycles. The van der Waals surface area contributed by atoms with E-state index in [4.69, 9.17) is 17.3 Å². The van der Waals surface area contributed by atoms with Crippen LogP contribution in [0.2, 0.25) is 5.02 Å². The number of aromatic nitrogens is 2. The summed E-state index contributed by atoms with van der Waals surface area (Å²) in [5.41, 5.74) is 6.55.